The molecular formula is C10H19N. The quantitative estimate of drug-likeness (QED) is 0.620. The Labute approximate surface area is 70.0 Å². The van der Waals surface area contributed by atoms with Gasteiger partial charge in [0.05, 0.1) is 0 Å². The predicted molar refractivity (Wildman–Crippen MR) is 51.2 cm³/mol. The average Bonchev–Trinajstić information content (AvgIpc) is 2.02. The Morgan fingerprint density at radius 2 is 1.73 bits per heavy atom. The van der Waals surface area contributed by atoms with Crippen LogP contribution in [-0.4, -0.2) is 0 Å². The van der Waals surface area contributed by atoms with Crippen LogP contribution >= 0.6 is 0 Å². The number of nitrogens with two attached hydrogens (primary N) is 1. The maximum Gasteiger partial charge on any atom is 0.00803 e. The van der Waals surface area contributed by atoms with Crippen LogP contribution in [0.3, 0.4) is 0 Å². The van der Waals surface area contributed by atoms with Gasteiger partial charge in [-0.2, -0.15) is 0 Å². The van der Waals surface area contributed by atoms with Gasteiger partial charge in [0, 0.05) is 5.70 Å². The van der Waals surface area contributed by atoms with Crippen molar-refractivity contribution in [3.8, 4) is 0 Å². The average molecular weight is 153 g/mol. The molecule has 0 bridgehead atoms. The van der Waals surface area contributed by atoms with E-state index >= 15 is 0 Å². The van der Waals surface area contributed by atoms with E-state index in [1.165, 1.54) is 11.1 Å². The molecule has 0 atom stereocenters. The second kappa shape index (κ2) is 5.00. The van der Waals surface area contributed by atoms with Gasteiger partial charge >= 0.3 is 0 Å². The van der Waals surface area contributed by atoms with Gasteiger partial charge in [-0.3, -0.25) is 0 Å². The zero-order chi connectivity index (χ0) is 8.85. The number of hydrogen-bond acceptors (Lipinski definition) is 1. The molecule has 0 aromatic carbocycles. The highest BCUT2D eigenvalue weighted by molar-refractivity contribution is 5.24. The molecule has 0 saturated heterocycles. The third-order valence-electron chi connectivity index (χ3n) is 2.01. The first-order chi connectivity index (χ1) is 5.11. The monoisotopic (exact) mass is 153 g/mol. The fourth-order valence-corrected chi connectivity index (χ4v) is 0.782. The van der Waals surface area contributed by atoms with Crippen molar-refractivity contribution >= 4 is 0 Å². The summed E-state index contributed by atoms with van der Waals surface area (Å²) in [5.74, 6) is 0. The van der Waals surface area contributed by atoms with E-state index in [-0.39, 0.29) is 0 Å². The van der Waals surface area contributed by atoms with Crippen molar-refractivity contribution in [3.05, 3.63) is 22.9 Å². The van der Waals surface area contributed by atoms with Crippen LogP contribution < -0.4 is 5.73 Å². The lowest BCUT2D eigenvalue weighted by Gasteiger charge is -2.01. The summed E-state index contributed by atoms with van der Waals surface area (Å²) < 4.78 is 0. The van der Waals surface area contributed by atoms with Gasteiger partial charge in [-0.25, -0.2) is 0 Å². The van der Waals surface area contributed by atoms with Crippen molar-refractivity contribution in [2.24, 2.45) is 5.73 Å². The molecule has 1 heteroatoms. The maximum absolute atomic E-state index is 5.69. The van der Waals surface area contributed by atoms with Gasteiger partial charge in [0.2, 0.25) is 0 Å². The Balaban J connectivity index is 4.37. The molecule has 0 aromatic rings. The fourth-order valence-electron chi connectivity index (χ4n) is 0.782. The third-order valence-corrected chi connectivity index (χ3v) is 2.01. The molecule has 1 nitrogen and oxygen atoms in total. The highest BCUT2D eigenvalue weighted by atomic mass is 14.6. The summed E-state index contributed by atoms with van der Waals surface area (Å²) in [6.45, 7) is 8.49. The molecule has 0 aromatic heterocycles. The van der Waals surface area contributed by atoms with Crippen LogP contribution in [-0.2, 0) is 0 Å². The largest absolute Gasteiger partial charge is 0.402 e. The molecular weight excluding hydrogens is 134 g/mol. The zero-order valence-electron chi connectivity index (χ0n) is 8.07. The number of rotatable bonds is 3. The first-order valence-corrected chi connectivity index (χ1v) is 4.24. The molecule has 11 heavy (non-hydrogen) atoms. The lowest BCUT2D eigenvalue weighted by Crippen LogP contribution is -1.95. The summed E-state index contributed by atoms with van der Waals surface area (Å²) >= 11 is 0. The van der Waals surface area contributed by atoms with Gasteiger partial charge in [-0.15, -0.1) is 0 Å². The van der Waals surface area contributed by atoms with Crippen molar-refractivity contribution in [2.45, 2.75) is 40.5 Å². The van der Waals surface area contributed by atoms with E-state index in [1.807, 2.05) is 0 Å². The molecule has 0 aliphatic carbocycles. The molecule has 0 unspecified atom stereocenters. The van der Waals surface area contributed by atoms with Crippen LogP contribution in [0.2, 0.25) is 0 Å². The van der Waals surface area contributed by atoms with Crippen LogP contribution in [0.5, 0.6) is 0 Å². The van der Waals surface area contributed by atoms with Crippen molar-refractivity contribution in [2.75, 3.05) is 0 Å². The lowest BCUT2D eigenvalue weighted by molar-refractivity contribution is 1.04. The summed E-state index contributed by atoms with van der Waals surface area (Å²) in [4.78, 5) is 0. The third kappa shape index (κ3) is 3.87. The van der Waals surface area contributed by atoms with Crippen LogP contribution in [0.25, 0.3) is 0 Å². The second-order valence-corrected chi connectivity index (χ2v) is 2.89. The predicted octanol–water partition coefficient (Wildman–Crippen LogP) is 2.99. The van der Waals surface area contributed by atoms with E-state index in [2.05, 4.69) is 33.8 Å². The van der Waals surface area contributed by atoms with Crippen molar-refractivity contribution in [1.82, 2.24) is 0 Å². The highest BCUT2D eigenvalue weighted by Gasteiger charge is 1.91. The summed E-state index contributed by atoms with van der Waals surface area (Å²) in [6.07, 6.45) is 4.12. The Morgan fingerprint density at radius 1 is 1.18 bits per heavy atom. The molecule has 0 heterocycles. The molecule has 0 radical (unpaired) electrons. The zero-order valence-corrected chi connectivity index (χ0v) is 8.07. The van der Waals surface area contributed by atoms with Crippen molar-refractivity contribution < 1.29 is 0 Å². The molecule has 0 fully saturated rings. The van der Waals surface area contributed by atoms with E-state index < -0.39 is 0 Å². The second-order valence-electron chi connectivity index (χ2n) is 2.89. The fraction of sp³-hybridized carbons (Fsp3) is 0.600. The van der Waals surface area contributed by atoms with Gasteiger partial charge < -0.3 is 5.73 Å². The highest BCUT2D eigenvalue weighted by Crippen LogP contribution is 2.09. The maximum atomic E-state index is 5.69. The van der Waals surface area contributed by atoms with E-state index in [4.69, 9.17) is 5.73 Å². The van der Waals surface area contributed by atoms with Gasteiger partial charge in [0.1, 0.15) is 0 Å². The van der Waals surface area contributed by atoms with E-state index in [1.54, 1.807) is 0 Å². The number of hydrogen-bond donors (Lipinski definition) is 1. The minimum atomic E-state index is 0.939. The molecule has 0 aliphatic heterocycles. The van der Waals surface area contributed by atoms with Gasteiger partial charge in [-0.1, -0.05) is 25.0 Å². The first kappa shape index (κ1) is 10.3. The minimum Gasteiger partial charge on any atom is -0.402 e. The standard InChI is InChI=1S/C10H19N/c1-5-8(3)9(4)7-10(11)6-2/h7H,5-6,11H2,1-4H3/b9-8-,10-7+. The van der Waals surface area contributed by atoms with Gasteiger partial charge in [-0.05, 0) is 32.8 Å². The summed E-state index contributed by atoms with van der Waals surface area (Å²) in [5, 5.41) is 0. The van der Waals surface area contributed by atoms with Crippen LogP contribution in [0.4, 0.5) is 0 Å². The molecule has 0 amide bonds. The van der Waals surface area contributed by atoms with Crippen LogP contribution in [0, 0.1) is 0 Å². The molecule has 0 saturated carbocycles. The molecule has 0 spiro atoms. The normalized spacial score (nSPS) is 14.7. The smallest absolute Gasteiger partial charge is 0.00803 e. The molecule has 0 aliphatic rings. The van der Waals surface area contributed by atoms with E-state index in [0.717, 1.165) is 18.5 Å². The summed E-state index contributed by atoms with van der Waals surface area (Å²) in [5.41, 5.74) is 9.39. The summed E-state index contributed by atoms with van der Waals surface area (Å²) in [6, 6.07) is 0. The topological polar surface area (TPSA) is 26.0 Å². The summed E-state index contributed by atoms with van der Waals surface area (Å²) in [7, 11) is 0. The molecule has 0 rings (SSSR count). The SMILES string of the molecule is CC/C(C)=C(C)\C=C(\N)CC. The van der Waals surface area contributed by atoms with Crippen molar-refractivity contribution in [3.63, 3.8) is 0 Å². The number of allylic oxidation sites excluding steroid dienone is 4. The van der Waals surface area contributed by atoms with Gasteiger partial charge in [0.15, 0.2) is 0 Å². The van der Waals surface area contributed by atoms with Crippen LogP contribution in [0.15, 0.2) is 22.9 Å². The molecule has 2 N–H and O–H groups in total. The van der Waals surface area contributed by atoms with E-state index in [9.17, 15) is 0 Å². The molecule has 64 valence electrons. The Hall–Kier alpha value is -0.720. The van der Waals surface area contributed by atoms with Crippen molar-refractivity contribution in [1.29, 1.82) is 0 Å². The minimum absolute atomic E-state index is 0.939. The lowest BCUT2D eigenvalue weighted by atomic mass is 10.1. The Bertz CT molecular complexity index is 175. The van der Waals surface area contributed by atoms with Crippen LogP contribution in [0.1, 0.15) is 40.5 Å². The van der Waals surface area contributed by atoms with E-state index in [0.29, 0.717) is 0 Å². The Kier molecular flexibility index (Phi) is 4.67. The first-order valence-electron chi connectivity index (χ1n) is 4.24. The Morgan fingerprint density at radius 3 is 2.09 bits per heavy atom. The van der Waals surface area contributed by atoms with Gasteiger partial charge in [0.25, 0.3) is 0 Å².